The number of aromatic nitrogens is 5. The van der Waals surface area contributed by atoms with E-state index in [0.29, 0.717) is 22.9 Å². The van der Waals surface area contributed by atoms with E-state index in [2.05, 4.69) is 35.5 Å². The molecule has 2 aromatic carbocycles. The Bertz CT molecular complexity index is 1450. The minimum absolute atomic E-state index is 0.224. The summed E-state index contributed by atoms with van der Waals surface area (Å²) in [4.78, 5) is 8.69. The van der Waals surface area contributed by atoms with Gasteiger partial charge in [-0.05, 0) is 30.3 Å². The highest BCUT2D eigenvalue weighted by Crippen LogP contribution is 2.34. The van der Waals surface area contributed by atoms with Gasteiger partial charge in [-0.25, -0.2) is 13.4 Å². The van der Waals surface area contributed by atoms with Gasteiger partial charge in [-0.2, -0.15) is 4.98 Å². The molecule has 0 saturated heterocycles. The van der Waals surface area contributed by atoms with Crippen LogP contribution in [0.5, 0.6) is 11.5 Å². The number of hydrogen-bond acceptors (Lipinski definition) is 10. The van der Waals surface area contributed by atoms with Gasteiger partial charge in [0.1, 0.15) is 29.2 Å². The van der Waals surface area contributed by atoms with Gasteiger partial charge in [-0.1, -0.05) is 11.6 Å². The van der Waals surface area contributed by atoms with Gasteiger partial charge in [0.2, 0.25) is 16.0 Å². The Morgan fingerprint density at radius 3 is 2.40 bits per heavy atom. The lowest BCUT2D eigenvalue weighted by molar-refractivity contribution is 0.415. The van der Waals surface area contributed by atoms with Gasteiger partial charge >= 0.3 is 0 Å². The van der Waals surface area contributed by atoms with Crippen LogP contribution in [0.15, 0.2) is 55.2 Å². The summed E-state index contributed by atoms with van der Waals surface area (Å²) in [5.74, 6) is 1.50. The Morgan fingerprint density at radius 2 is 1.71 bits per heavy atom. The van der Waals surface area contributed by atoms with E-state index in [4.69, 9.17) is 21.1 Å². The second-order valence-electron chi connectivity index (χ2n) is 7.18. The SMILES string of the molecule is COc1ccc(Nc2nc(Nc3cc(-n4cnnc4)ccc3OC)ncc2Cl)c(NS(C)(=O)=O)c1. The molecule has 0 unspecified atom stereocenters. The quantitative estimate of drug-likeness (QED) is 0.301. The second-order valence-corrected chi connectivity index (χ2v) is 9.34. The molecule has 182 valence electrons. The largest absolute Gasteiger partial charge is 0.497 e. The fraction of sp³-hybridized carbons (Fsp3) is 0.143. The number of rotatable bonds is 9. The lowest BCUT2D eigenvalue weighted by atomic mass is 10.2. The molecule has 35 heavy (non-hydrogen) atoms. The van der Waals surface area contributed by atoms with Crippen molar-refractivity contribution in [2.75, 3.05) is 35.8 Å². The van der Waals surface area contributed by atoms with E-state index in [9.17, 15) is 8.42 Å². The third-order valence-electron chi connectivity index (χ3n) is 4.67. The molecule has 3 N–H and O–H groups in total. The molecule has 0 atom stereocenters. The van der Waals surface area contributed by atoms with E-state index in [-0.39, 0.29) is 22.5 Å². The fourth-order valence-corrected chi connectivity index (χ4v) is 3.80. The Morgan fingerprint density at radius 1 is 0.943 bits per heavy atom. The van der Waals surface area contributed by atoms with Crippen molar-refractivity contribution in [1.82, 2.24) is 24.7 Å². The van der Waals surface area contributed by atoms with E-state index in [1.807, 2.05) is 12.1 Å². The Hall–Kier alpha value is -4.10. The summed E-state index contributed by atoms with van der Waals surface area (Å²) in [6.07, 6.45) is 5.62. The number of anilines is 5. The molecule has 0 saturated carbocycles. The van der Waals surface area contributed by atoms with Crippen molar-refractivity contribution in [1.29, 1.82) is 0 Å². The van der Waals surface area contributed by atoms with Gasteiger partial charge < -0.3 is 20.1 Å². The highest BCUT2D eigenvalue weighted by Gasteiger charge is 2.14. The van der Waals surface area contributed by atoms with Crippen LogP contribution in [0.3, 0.4) is 0 Å². The van der Waals surface area contributed by atoms with Gasteiger partial charge in [0.15, 0.2) is 5.82 Å². The van der Waals surface area contributed by atoms with Gasteiger partial charge in [0.25, 0.3) is 0 Å². The molecule has 0 fully saturated rings. The zero-order valence-electron chi connectivity index (χ0n) is 18.9. The van der Waals surface area contributed by atoms with Crippen molar-refractivity contribution in [2.45, 2.75) is 0 Å². The summed E-state index contributed by atoms with van der Waals surface area (Å²) in [6, 6.07) is 10.3. The average molecular weight is 517 g/mol. The highest BCUT2D eigenvalue weighted by molar-refractivity contribution is 7.92. The predicted molar refractivity (Wildman–Crippen MR) is 133 cm³/mol. The van der Waals surface area contributed by atoms with Crippen molar-refractivity contribution in [3.05, 3.63) is 60.3 Å². The van der Waals surface area contributed by atoms with Crippen LogP contribution in [0.4, 0.5) is 28.8 Å². The summed E-state index contributed by atoms with van der Waals surface area (Å²) >= 11 is 6.32. The van der Waals surface area contributed by atoms with E-state index in [1.165, 1.54) is 13.3 Å². The van der Waals surface area contributed by atoms with Crippen LogP contribution in [-0.2, 0) is 10.0 Å². The molecule has 2 aromatic heterocycles. The molecule has 0 radical (unpaired) electrons. The van der Waals surface area contributed by atoms with E-state index in [1.54, 1.807) is 48.6 Å². The number of sulfonamides is 1. The monoisotopic (exact) mass is 516 g/mol. The molecule has 14 heteroatoms. The molecule has 0 amide bonds. The smallest absolute Gasteiger partial charge is 0.229 e. The maximum atomic E-state index is 11.8. The number of methoxy groups -OCH3 is 2. The van der Waals surface area contributed by atoms with Crippen LogP contribution in [-0.4, -0.2) is 53.6 Å². The fourth-order valence-electron chi connectivity index (χ4n) is 3.09. The Kier molecular flexibility index (Phi) is 6.89. The molecule has 0 aliphatic carbocycles. The lowest BCUT2D eigenvalue weighted by Crippen LogP contribution is -2.11. The van der Waals surface area contributed by atoms with Crippen LogP contribution in [0.25, 0.3) is 5.69 Å². The molecule has 0 aliphatic heterocycles. The number of benzene rings is 2. The molecule has 0 spiro atoms. The van der Waals surface area contributed by atoms with Crippen molar-refractivity contribution >= 4 is 50.5 Å². The summed E-state index contributed by atoms with van der Waals surface area (Å²) < 4.78 is 38.5. The molecule has 4 rings (SSSR count). The summed E-state index contributed by atoms with van der Waals surface area (Å²) in [7, 11) is -0.520. The Labute approximate surface area is 206 Å². The van der Waals surface area contributed by atoms with Crippen LogP contribution in [0.1, 0.15) is 0 Å². The first-order valence-corrected chi connectivity index (χ1v) is 12.3. The standard InChI is InChI=1S/C21H21ClN8O4S/c1-33-14-5-6-16(17(9-14)29-35(3,31)32)26-20-15(22)10-23-21(28-20)27-18-8-13(4-7-19(18)34-2)30-11-24-25-12-30/h4-12,29H,1-3H3,(H2,23,26,27,28). The Balaban J connectivity index is 1.65. The van der Waals surface area contributed by atoms with Crippen molar-refractivity contribution < 1.29 is 17.9 Å². The van der Waals surface area contributed by atoms with Crippen LogP contribution < -0.4 is 24.8 Å². The summed E-state index contributed by atoms with van der Waals surface area (Å²) in [5.41, 5.74) is 2.06. The van der Waals surface area contributed by atoms with Crippen LogP contribution >= 0.6 is 11.6 Å². The number of nitrogens with zero attached hydrogens (tertiary/aromatic N) is 5. The molecular weight excluding hydrogens is 496 g/mol. The molecular formula is C21H21ClN8O4S. The zero-order chi connectivity index (χ0) is 25.0. The van der Waals surface area contributed by atoms with Gasteiger partial charge in [0, 0.05) is 6.07 Å². The minimum atomic E-state index is -3.55. The first-order valence-electron chi connectivity index (χ1n) is 10.0. The number of halogens is 1. The minimum Gasteiger partial charge on any atom is -0.497 e. The molecule has 4 aromatic rings. The number of nitrogens with one attached hydrogen (secondary N) is 3. The first kappa shape index (κ1) is 24.0. The predicted octanol–water partition coefficient (Wildman–Crippen LogP) is 3.59. The van der Waals surface area contributed by atoms with Crippen LogP contribution in [0.2, 0.25) is 5.02 Å². The van der Waals surface area contributed by atoms with E-state index in [0.717, 1.165) is 11.9 Å². The van der Waals surface area contributed by atoms with E-state index < -0.39 is 10.0 Å². The first-order chi connectivity index (χ1) is 16.8. The molecule has 0 aliphatic rings. The number of hydrogen-bond donors (Lipinski definition) is 3. The highest BCUT2D eigenvalue weighted by atomic mass is 35.5. The topological polar surface area (TPSA) is 145 Å². The van der Waals surface area contributed by atoms with Crippen molar-refractivity contribution in [2.24, 2.45) is 0 Å². The molecule has 2 heterocycles. The molecule has 12 nitrogen and oxygen atoms in total. The maximum absolute atomic E-state index is 11.8. The third-order valence-corrected chi connectivity index (χ3v) is 5.53. The lowest BCUT2D eigenvalue weighted by Gasteiger charge is -2.16. The average Bonchev–Trinajstić information content (AvgIpc) is 3.36. The maximum Gasteiger partial charge on any atom is 0.229 e. The summed E-state index contributed by atoms with van der Waals surface area (Å²) in [5, 5.41) is 14.0. The van der Waals surface area contributed by atoms with Crippen LogP contribution in [0, 0.1) is 0 Å². The van der Waals surface area contributed by atoms with Crippen molar-refractivity contribution in [3.8, 4) is 17.2 Å². The molecule has 0 bridgehead atoms. The zero-order valence-corrected chi connectivity index (χ0v) is 20.4. The number of ether oxygens (including phenoxy) is 2. The third kappa shape index (κ3) is 5.88. The van der Waals surface area contributed by atoms with Crippen molar-refractivity contribution in [3.63, 3.8) is 0 Å². The van der Waals surface area contributed by atoms with E-state index >= 15 is 0 Å². The summed E-state index contributed by atoms with van der Waals surface area (Å²) in [6.45, 7) is 0. The second kappa shape index (κ2) is 10.0. The van der Waals surface area contributed by atoms with Gasteiger partial charge in [-0.15, -0.1) is 10.2 Å². The normalized spacial score (nSPS) is 11.1. The van der Waals surface area contributed by atoms with Gasteiger partial charge in [-0.3, -0.25) is 9.29 Å². The van der Waals surface area contributed by atoms with Gasteiger partial charge in [0.05, 0.1) is 49.4 Å².